The highest BCUT2D eigenvalue weighted by atomic mass is 79.9. The average molecular weight is 438 g/mol. The maximum Gasteiger partial charge on any atom is 0.265 e. The molecule has 0 N–H and O–H groups in total. The lowest BCUT2D eigenvalue weighted by Gasteiger charge is -2.32. The van der Waals surface area contributed by atoms with Crippen molar-refractivity contribution in [1.29, 1.82) is 0 Å². The number of amides is 2. The first-order valence-electron chi connectivity index (χ1n) is 8.10. The zero-order valence-corrected chi connectivity index (χ0v) is 16.8. The van der Waals surface area contributed by atoms with Gasteiger partial charge in [0, 0.05) is 16.5 Å². The highest BCUT2D eigenvalue weighted by molar-refractivity contribution is 9.10. The minimum Gasteiger partial charge on any atom is -0.482 e. The lowest BCUT2D eigenvalue weighted by atomic mass is 10.1. The highest BCUT2D eigenvalue weighted by Crippen LogP contribution is 2.34. The van der Waals surface area contributed by atoms with Crippen LogP contribution in [0.1, 0.15) is 18.5 Å². The van der Waals surface area contributed by atoms with E-state index in [2.05, 4.69) is 15.9 Å². The second-order valence-corrected chi connectivity index (χ2v) is 7.46. The number of halogens is 2. The molecule has 1 unspecified atom stereocenters. The summed E-state index contributed by atoms with van der Waals surface area (Å²) in [5.41, 5.74) is 1.58. The van der Waals surface area contributed by atoms with Crippen LogP contribution < -0.4 is 9.64 Å². The smallest absolute Gasteiger partial charge is 0.265 e. The van der Waals surface area contributed by atoms with E-state index in [1.807, 2.05) is 25.1 Å². The molecule has 7 heteroatoms. The topological polar surface area (TPSA) is 49.9 Å². The summed E-state index contributed by atoms with van der Waals surface area (Å²) in [6.07, 6.45) is 0. The molecule has 2 aromatic rings. The lowest BCUT2D eigenvalue weighted by molar-refractivity contribution is -0.132. The first-order valence-corrected chi connectivity index (χ1v) is 9.27. The van der Waals surface area contributed by atoms with E-state index in [0.717, 1.165) is 10.0 Å². The summed E-state index contributed by atoms with van der Waals surface area (Å²) in [5, 5.41) is 0.650. The van der Waals surface area contributed by atoms with E-state index >= 15 is 0 Å². The molecular formula is C19H18BrClN2O3. The van der Waals surface area contributed by atoms with Crippen molar-refractivity contribution >= 4 is 45.0 Å². The average Bonchev–Trinajstić information content (AvgIpc) is 2.63. The molecule has 136 valence electrons. The zero-order chi connectivity index (χ0) is 18.8. The molecule has 2 aromatic carbocycles. The second-order valence-electron chi connectivity index (χ2n) is 6.11. The van der Waals surface area contributed by atoms with Gasteiger partial charge in [0.25, 0.3) is 5.91 Å². The van der Waals surface area contributed by atoms with Gasteiger partial charge >= 0.3 is 0 Å². The normalized spacial score (nSPS) is 14.5. The fraction of sp³-hybridized carbons (Fsp3) is 0.263. The number of hydrogen-bond acceptors (Lipinski definition) is 3. The standard InChI is InChI=1S/C19H18BrClN2O3/c1-12(13-3-6-15(21)7-4-13)22(2)18(24)10-23-16-8-5-14(20)9-17(16)26-11-19(23)25/h3-9,12H,10-11H2,1-2H3. The molecule has 0 radical (unpaired) electrons. The molecule has 26 heavy (non-hydrogen) atoms. The Morgan fingerprint density at radius 2 is 2.00 bits per heavy atom. The molecule has 1 aliphatic rings. The van der Waals surface area contributed by atoms with Crippen LogP contribution in [0.2, 0.25) is 5.02 Å². The van der Waals surface area contributed by atoms with Gasteiger partial charge in [-0.05, 0) is 42.8 Å². The fourth-order valence-electron chi connectivity index (χ4n) is 2.78. The molecule has 0 spiro atoms. The van der Waals surface area contributed by atoms with Gasteiger partial charge in [-0.3, -0.25) is 14.5 Å². The molecule has 0 saturated heterocycles. The van der Waals surface area contributed by atoms with Crippen molar-refractivity contribution in [2.24, 2.45) is 0 Å². The molecule has 2 amide bonds. The molecule has 1 aliphatic heterocycles. The number of rotatable bonds is 4. The molecule has 0 aliphatic carbocycles. The second kappa shape index (κ2) is 7.68. The van der Waals surface area contributed by atoms with Gasteiger partial charge in [0.15, 0.2) is 6.61 Å². The van der Waals surface area contributed by atoms with E-state index in [9.17, 15) is 9.59 Å². The van der Waals surface area contributed by atoms with Gasteiger partial charge in [-0.2, -0.15) is 0 Å². The van der Waals surface area contributed by atoms with Gasteiger partial charge in [0.1, 0.15) is 12.3 Å². The van der Waals surface area contributed by atoms with Crippen LogP contribution in [0.3, 0.4) is 0 Å². The largest absolute Gasteiger partial charge is 0.482 e. The molecule has 5 nitrogen and oxygen atoms in total. The summed E-state index contributed by atoms with van der Waals surface area (Å²) >= 11 is 9.30. The van der Waals surface area contributed by atoms with Crippen LogP contribution >= 0.6 is 27.5 Å². The van der Waals surface area contributed by atoms with Crippen LogP contribution in [-0.2, 0) is 9.59 Å². The Morgan fingerprint density at radius 3 is 2.69 bits per heavy atom. The third-order valence-corrected chi connectivity index (χ3v) is 5.23. The summed E-state index contributed by atoms with van der Waals surface area (Å²) in [7, 11) is 1.73. The predicted molar refractivity (Wildman–Crippen MR) is 105 cm³/mol. The molecule has 1 heterocycles. The first kappa shape index (κ1) is 18.7. The number of likely N-dealkylation sites (N-methyl/N-ethyl adjacent to an activating group) is 1. The Hall–Kier alpha value is -2.05. The highest BCUT2D eigenvalue weighted by Gasteiger charge is 2.29. The number of carbonyl (C=O) groups is 2. The number of ether oxygens (including phenoxy) is 1. The third-order valence-electron chi connectivity index (χ3n) is 4.48. The Bertz CT molecular complexity index is 841. The summed E-state index contributed by atoms with van der Waals surface area (Å²) in [4.78, 5) is 28.2. The number of fused-ring (bicyclic) bond motifs is 1. The number of carbonyl (C=O) groups excluding carboxylic acids is 2. The van der Waals surface area contributed by atoms with E-state index in [1.165, 1.54) is 4.90 Å². The van der Waals surface area contributed by atoms with Crippen molar-refractivity contribution in [3.05, 3.63) is 57.5 Å². The molecule has 0 aromatic heterocycles. The van der Waals surface area contributed by atoms with E-state index in [-0.39, 0.29) is 31.0 Å². The minimum atomic E-state index is -0.235. The van der Waals surface area contributed by atoms with Crippen LogP contribution in [-0.4, -0.2) is 36.9 Å². The van der Waals surface area contributed by atoms with Crippen LogP contribution in [0.15, 0.2) is 46.9 Å². The predicted octanol–water partition coefficient (Wildman–Crippen LogP) is 4.05. The van der Waals surface area contributed by atoms with Crippen LogP contribution in [0.5, 0.6) is 5.75 Å². The van der Waals surface area contributed by atoms with Gasteiger partial charge < -0.3 is 9.64 Å². The van der Waals surface area contributed by atoms with Crippen molar-refractivity contribution in [2.75, 3.05) is 25.1 Å². The number of anilines is 1. The first-order chi connectivity index (χ1) is 12.4. The molecular weight excluding hydrogens is 420 g/mol. The van der Waals surface area contributed by atoms with E-state index in [0.29, 0.717) is 16.5 Å². The van der Waals surface area contributed by atoms with Crippen molar-refractivity contribution in [1.82, 2.24) is 4.90 Å². The zero-order valence-electron chi connectivity index (χ0n) is 14.4. The maximum atomic E-state index is 12.8. The lowest BCUT2D eigenvalue weighted by Crippen LogP contribution is -2.46. The van der Waals surface area contributed by atoms with Crippen molar-refractivity contribution < 1.29 is 14.3 Å². The quantitative estimate of drug-likeness (QED) is 0.725. The SMILES string of the molecule is CC(c1ccc(Cl)cc1)N(C)C(=O)CN1C(=O)COc2cc(Br)ccc21. The van der Waals surface area contributed by atoms with E-state index in [4.69, 9.17) is 16.3 Å². The Kier molecular flexibility index (Phi) is 5.53. The van der Waals surface area contributed by atoms with Gasteiger partial charge in [-0.25, -0.2) is 0 Å². The van der Waals surface area contributed by atoms with Gasteiger partial charge in [0.2, 0.25) is 5.91 Å². The minimum absolute atomic E-state index is 0.0365. The Labute approximate surface area is 165 Å². The molecule has 3 rings (SSSR count). The van der Waals surface area contributed by atoms with Gasteiger partial charge in [-0.1, -0.05) is 39.7 Å². The van der Waals surface area contributed by atoms with Crippen LogP contribution in [0, 0.1) is 0 Å². The summed E-state index contributed by atoms with van der Waals surface area (Å²) in [6, 6.07) is 12.6. The van der Waals surface area contributed by atoms with Crippen LogP contribution in [0.25, 0.3) is 0 Å². The number of benzene rings is 2. The van der Waals surface area contributed by atoms with Crippen molar-refractivity contribution in [2.45, 2.75) is 13.0 Å². The monoisotopic (exact) mass is 436 g/mol. The van der Waals surface area contributed by atoms with Crippen LogP contribution in [0.4, 0.5) is 5.69 Å². The number of nitrogens with zero attached hydrogens (tertiary/aromatic N) is 2. The Morgan fingerprint density at radius 1 is 1.31 bits per heavy atom. The Balaban J connectivity index is 1.77. The summed E-state index contributed by atoms with van der Waals surface area (Å²) in [5.74, 6) is 0.192. The molecule has 0 saturated carbocycles. The van der Waals surface area contributed by atoms with Gasteiger partial charge in [-0.15, -0.1) is 0 Å². The fourth-order valence-corrected chi connectivity index (χ4v) is 3.25. The van der Waals surface area contributed by atoms with E-state index in [1.54, 1.807) is 36.2 Å². The number of hydrogen-bond donors (Lipinski definition) is 0. The molecule has 0 bridgehead atoms. The summed E-state index contributed by atoms with van der Waals surface area (Å²) in [6.45, 7) is 1.83. The van der Waals surface area contributed by atoms with Gasteiger partial charge in [0.05, 0.1) is 11.7 Å². The van der Waals surface area contributed by atoms with Crippen molar-refractivity contribution in [3.8, 4) is 5.75 Å². The van der Waals surface area contributed by atoms with Crippen molar-refractivity contribution in [3.63, 3.8) is 0 Å². The maximum absolute atomic E-state index is 12.8. The molecule has 0 fully saturated rings. The van der Waals surface area contributed by atoms with E-state index < -0.39 is 0 Å². The third kappa shape index (κ3) is 3.86. The molecule has 1 atom stereocenters. The summed E-state index contributed by atoms with van der Waals surface area (Å²) < 4.78 is 6.31.